The second-order valence-electron chi connectivity index (χ2n) is 7.05. The molecule has 136 valence electrons. The zero-order valence-corrected chi connectivity index (χ0v) is 15.0. The molecule has 2 aromatic rings. The SMILES string of the molecule is Cc1nc([C@H]2CCNC2)nc2c1CCC(=O)N2CCc1ccccc1F. The van der Waals surface area contributed by atoms with Crippen molar-refractivity contribution in [3.63, 3.8) is 0 Å². The van der Waals surface area contributed by atoms with Gasteiger partial charge in [-0.2, -0.15) is 0 Å². The van der Waals surface area contributed by atoms with Crippen molar-refractivity contribution in [3.8, 4) is 0 Å². The summed E-state index contributed by atoms with van der Waals surface area (Å²) in [7, 11) is 0. The predicted molar refractivity (Wildman–Crippen MR) is 97.8 cm³/mol. The lowest BCUT2D eigenvalue weighted by Gasteiger charge is -2.30. The van der Waals surface area contributed by atoms with Crippen LogP contribution in [0.5, 0.6) is 0 Å². The number of aromatic nitrogens is 2. The quantitative estimate of drug-likeness (QED) is 0.917. The largest absolute Gasteiger partial charge is 0.316 e. The third kappa shape index (κ3) is 3.21. The van der Waals surface area contributed by atoms with E-state index in [0.29, 0.717) is 37.3 Å². The molecule has 0 radical (unpaired) electrons. The molecule has 5 nitrogen and oxygen atoms in total. The maximum absolute atomic E-state index is 13.9. The Bertz CT molecular complexity index is 833. The van der Waals surface area contributed by atoms with Gasteiger partial charge in [-0.05, 0) is 44.4 Å². The van der Waals surface area contributed by atoms with Gasteiger partial charge >= 0.3 is 0 Å². The number of carbonyl (C=O) groups excluding carboxylic acids is 1. The van der Waals surface area contributed by atoms with Crippen molar-refractivity contribution in [1.82, 2.24) is 15.3 Å². The van der Waals surface area contributed by atoms with Crippen LogP contribution in [0.4, 0.5) is 10.2 Å². The molecule has 6 heteroatoms. The van der Waals surface area contributed by atoms with E-state index in [9.17, 15) is 9.18 Å². The van der Waals surface area contributed by atoms with Crippen LogP contribution in [0.15, 0.2) is 24.3 Å². The lowest BCUT2D eigenvalue weighted by molar-refractivity contribution is -0.118. The standard InChI is InChI=1S/C20H23FN4O/c1-13-16-6-7-18(26)25(11-9-14-4-2-3-5-17(14)21)20(16)24-19(23-13)15-8-10-22-12-15/h2-5,15,22H,6-12H2,1H3/t15-/m0/s1. The lowest BCUT2D eigenvalue weighted by Crippen LogP contribution is -2.38. The van der Waals surface area contributed by atoms with Crippen LogP contribution in [0.1, 0.15) is 41.4 Å². The van der Waals surface area contributed by atoms with E-state index in [1.165, 1.54) is 6.07 Å². The van der Waals surface area contributed by atoms with E-state index in [0.717, 1.165) is 42.4 Å². The van der Waals surface area contributed by atoms with E-state index in [4.69, 9.17) is 9.97 Å². The molecule has 2 aliphatic heterocycles. The van der Waals surface area contributed by atoms with E-state index >= 15 is 0 Å². The van der Waals surface area contributed by atoms with Crippen molar-refractivity contribution in [2.75, 3.05) is 24.5 Å². The van der Waals surface area contributed by atoms with E-state index in [2.05, 4.69) is 5.32 Å². The molecule has 4 rings (SSSR count). The van der Waals surface area contributed by atoms with Gasteiger partial charge in [0.1, 0.15) is 17.5 Å². The minimum atomic E-state index is -0.228. The van der Waals surface area contributed by atoms with Crippen molar-refractivity contribution in [3.05, 3.63) is 52.7 Å². The number of amides is 1. The molecule has 0 bridgehead atoms. The Morgan fingerprint density at radius 1 is 1.27 bits per heavy atom. The zero-order chi connectivity index (χ0) is 18.1. The fourth-order valence-corrected chi connectivity index (χ4v) is 3.82. The van der Waals surface area contributed by atoms with Crippen LogP contribution >= 0.6 is 0 Å². The molecule has 1 atom stereocenters. The van der Waals surface area contributed by atoms with Gasteiger partial charge in [0.25, 0.3) is 0 Å². The molecule has 1 fully saturated rings. The number of anilines is 1. The highest BCUT2D eigenvalue weighted by Gasteiger charge is 2.30. The summed E-state index contributed by atoms with van der Waals surface area (Å²) in [5.74, 6) is 1.67. The maximum Gasteiger partial charge on any atom is 0.228 e. The summed E-state index contributed by atoms with van der Waals surface area (Å²) in [4.78, 5) is 23.8. The summed E-state index contributed by atoms with van der Waals surface area (Å²) in [6.07, 6.45) is 2.63. The molecule has 1 aromatic heterocycles. The summed E-state index contributed by atoms with van der Waals surface area (Å²) in [5.41, 5.74) is 2.63. The van der Waals surface area contributed by atoms with Crippen LogP contribution in [0.2, 0.25) is 0 Å². The number of benzene rings is 1. The number of nitrogens with one attached hydrogen (secondary N) is 1. The number of carbonyl (C=O) groups is 1. The molecule has 0 unspecified atom stereocenters. The van der Waals surface area contributed by atoms with E-state index < -0.39 is 0 Å². The molecular weight excluding hydrogens is 331 g/mol. The zero-order valence-electron chi connectivity index (χ0n) is 15.0. The third-order valence-electron chi connectivity index (χ3n) is 5.34. The summed E-state index contributed by atoms with van der Waals surface area (Å²) in [5, 5.41) is 3.34. The molecule has 3 heterocycles. The Morgan fingerprint density at radius 2 is 2.12 bits per heavy atom. The Morgan fingerprint density at radius 3 is 2.88 bits per heavy atom. The van der Waals surface area contributed by atoms with Crippen LogP contribution in [0, 0.1) is 12.7 Å². The van der Waals surface area contributed by atoms with Crippen molar-refractivity contribution in [2.24, 2.45) is 0 Å². The molecule has 1 N–H and O–H groups in total. The van der Waals surface area contributed by atoms with Crippen LogP contribution in [0.25, 0.3) is 0 Å². The van der Waals surface area contributed by atoms with Gasteiger partial charge in [-0.1, -0.05) is 18.2 Å². The summed E-state index contributed by atoms with van der Waals surface area (Å²) in [6.45, 7) is 4.28. The van der Waals surface area contributed by atoms with Crippen molar-refractivity contribution in [1.29, 1.82) is 0 Å². The number of rotatable bonds is 4. The maximum atomic E-state index is 13.9. The molecule has 26 heavy (non-hydrogen) atoms. The molecule has 1 saturated heterocycles. The number of halogens is 1. The average molecular weight is 354 g/mol. The van der Waals surface area contributed by atoms with Crippen molar-refractivity contribution < 1.29 is 9.18 Å². The van der Waals surface area contributed by atoms with Gasteiger partial charge in [0, 0.05) is 36.7 Å². The molecular formula is C20H23FN4O. The van der Waals surface area contributed by atoms with E-state index in [-0.39, 0.29) is 11.7 Å². The topological polar surface area (TPSA) is 58.1 Å². The Kier molecular flexibility index (Phi) is 4.68. The van der Waals surface area contributed by atoms with Gasteiger partial charge < -0.3 is 5.32 Å². The molecule has 0 saturated carbocycles. The Balaban J connectivity index is 1.64. The normalized spacial score (nSPS) is 19.7. The van der Waals surface area contributed by atoms with Crippen LogP contribution < -0.4 is 10.2 Å². The number of nitrogens with zero attached hydrogens (tertiary/aromatic N) is 3. The number of fused-ring (bicyclic) bond motifs is 1. The Labute approximate surface area is 152 Å². The average Bonchev–Trinajstić information content (AvgIpc) is 3.17. The van der Waals surface area contributed by atoms with Crippen LogP contribution in [0.3, 0.4) is 0 Å². The van der Waals surface area contributed by atoms with Crippen molar-refractivity contribution in [2.45, 2.75) is 38.5 Å². The minimum Gasteiger partial charge on any atom is -0.316 e. The van der Waals surface area contributed by atoms with Crippen LogP contribution in [-0.2, 0) is 17.6 Å². The van der Waals surface area contributed by atoms with Gasteiger partial charge in [-0.15, -0.1) is 0 Å². The smallest absolute Gasteiger partial charge is 0.228 e. The Hall–Kier alpha value is -2.34. The molecule has 2 aliphatic rings. The third-order valence-corrected chi connectivity index (χ3v) is 5.34. The highest BCUT2D eigenvalue weighted by Crippen LogP contribution is 2.31. The fourth-order valence-electron chi connectivity index (χ4n) is 3.82. The predicted octanol–water partition coefficient (Wildman–Crippen LogP) is 2.52. The van der Waals surface area contributed by atoms with Gasteiger partial charge in [0.05, 0.1) is 0 Å². The highest BCUT2D eigenvalue weighted by molar-refractivity contribution is 5.95. The number of aryl methyl sites for hydroxylation is 1. The van der Waals surface area contributed by atoms with Gasteiger partial charge in [-0.3, -0.25) is 9.69 Å². The summed E-state index contributed by atoms with van der Waals surface area (Å²) >= 11 is 0. The summed E-state index contributed by atoms with van der Waals surface area (Å²) < 4.78 is 13.9. The first-order valence-corrected chi connectivity index (χ1v) is 9.25. The first-order chi connectivity index (χ1) is 12.6. The van der Waals surface area contributed by atoms with E-state index in [1.807, 2.05) is 13.0 Å². The first-order valence-electron chi connectivity index (χ1n) is 9.25. The highest BCUT2D eigenvalue weighted by atomic mass is 19.1. The van der Waals surface area contributed by atoms with E-state index in [1.54, 1.807) is 17.0 Å². The number of hydrogen-bond acceptors (Lipinski definition) is 4. The molecule has 0 spiro atoms. The lowest BCUT2D eigenvalue weighted by atomic mass is 10.0. The van der Waals surface area contributed by atoms with Gasteiger partial charge in [-0.25, -0.2) is 14.4 Å². The van der Waals surface area contributed by atoms with Gasteiger partial charge in [0.15, 0.2) is 0 Å². The van der Waals surface area contributed by atoms with Crippen molar-refractivity contribution >= 4 is 11.7 Å². The minimum absolute atomic E-state index is 0.0578. The monoisotopic (exact) mass is 354 g/mol. The first kappa shape index (κ1) is 17.1. The molecule has 1 aromatic carbocycles. The van der Waals surface area contributed by atoms with Gasteiger partial charge in [0.2, 0.25) is 5.91 Å². The fraction of sp³-hybridized carbons (Fsp3) is 0.450. The molecule has 0 aliphatic carbocycles. The second-order valence-corrected chi connectivity index (χ2v) is 7.05. The molecule has 1 amide bonds. The van der Waals surface area contributed by atoms with Crippen LogP contribution in [-0.4, -0.2) is 35.5 Å². The second kappa shape index (κ2) is 7.11. The number of hydrogen-bond donors (Lipinski definition) is 1. The summed E-state index contributed by atoms with van der Waals surface area (Å²) in [6, 6.07) is 6.73.